The van der Waals surface area contributed by atoms with Gasteiger partial charge in [0.1, 0.15) is 12.4 Å². The van der Waals surface area contributed by atoms with E-state index in [0.29, 0.717) is 28.2 Å². The molecule has 2 aliphatic rings. The number of hydrogen-bond acceptors (Lipinski definition) is 5. The minimum Gasteiger partial charge on any atom is -0.433 e. The van der Waals surface area contributed by atoms with Gasteiger partial charge < -0.3 is 14.5 Å². The summed E-state index contributed by atoms with van der Waals surface area (Å²) in [5, 5.41) is 0. The van der Waals surface area contributed by atoms with Gasteiger partial charge in [-0.3, -0.25) is 14.4 Å². The summed E-state index contributed by atoms with van der Waals surface area (Å²) in [6.45, 7) is 3.04. The molecule has 0 spiro atoms. The summed E-state index contributed by atoms with van der Waals surface area (Å²) >= 11 is 0. The second-order valence-corrected chi connectivity index (χ2v) is 11.7. The number of halogens is 7. The van der Waals surface area contributed by atoms with Gasteiger partial charge in [-0.05, 0) is 74.2 Å². The number of benzene rings is 2. The Balaban J connectivity index is 1.59. The van der Waals surface area contributed by atoms with Crippen LogP contribution < -0.4 is 0 Å². The summed E-state index contributed by atoms with van der Waals surface area (Å²) in [5.74, 6) is -4.15. The number of nitrogens with zero attached hydrogens (tertiary/aromatic N) is 3. The highest BCUT2D eigenvalue weighted by molar-refractivity contribution is 6.04. The van der Waals surface area contributed by atoms with Gasteiger partial charge in [-0.1, -0.05) is 6.07 Å². The molecule has 2 aromatic carbocycles. The van der Waals surface area contributed by atoms with Crippen LogP contribution in [-0.4, -0.2) is 70.8 Å². The van der Waals surface area contributed by atoms with Crippen LogP contribution in [0, 0.1) is 18.7 Å². The molecule has 2 saturated heterocycles. The quantitative estimate of drug-likeness (QED) is 0.387. The zero-order chi connectivity index (χ0) is 33.6. The normalized spacial score (nSPS) is 20.3. The maximum absolute atomic E-state index is 14.0. The standard InChI is InChI=1S/C30H30F7N3O5/c1-16-9-20(31)5-6-21(16)23-14-39(24(41)15-40-26(43)28(2,3)45-27(40)44)8-7-22(23)25(42)38(4)13-17-10-18(29(32,33)34)12-19(11-17)30(35,36)37/h5-6,9-12,22-23H,7-8,13-15H2,1-4H3/t22-,23+/m0/s1. The molecule has 8 nitrogen and oxygen atoms in total. The SMILES string of the molecule is Cc1cc(F)ccc1[C@H]1CN(C(=O)CN2C(=O)OC(C)(C)C2=O)CC[C@@H]1C(=O)N(C)Cc1cc(C(F)(F)F)cc(C(F)(F)F)c1. The van der Waals surface area contributed by atoms with Crippen LogP contribution in [-0.2, 0) is 38.0 Å². The monoisotopic (exact) mass is 645 g/mol. The molecule has 0 radical (unpaired) electrons. The van der Waals surface area contributed by atoms with Gasteiger partial charge in [0.05, 0.1) is 11.1 Å². The molecular weight excluding hydrogens is 615 g/mol. The molecule has 0 aromatic heterocycles. The molecule has 0 aliphatic carbocycles. The van der Waals surface area contributed by atoms with Gasteiger partial charge in [0, 0.05) is 38.5 Å². The third-order valence-corrected chi connectivity index (χ3v) is 7.97. The van der Waals surface area contributed by atoms with E-state index in [2.05, 4.69) is 0 Å². The summed E-state index contributed by atoms with van der Waals surface area (Å²) in [6, 6.07) is 4.93. The molecule has 2 fully saturated rings. The average molecular weight is 646 g/mol. The number of ether oxygens (including phenoxy) is 1. The predicted octanol–water partition coefficient (Wildman–Crippen LogP) is 5.52. The highest BCUT2D eigenvalue weighted by atomic mass is 19.4. The molecule has 2 heterocycles. The molecule has 2 aliphatic heterocycles. The van der Waals surface area contributed by atoms with Gasteiger partial charge in [0.15, 0.2) is 5.60 Å². The Morgan fingerprint density at radius 3 is 2.11 bits per heavy atom. The van der Waals surface area contributed by atoms with E-state index in [1.807, 2.05) is 0 Å². The number of cyclic esters (lactones) is 1. The molecule has 15 heteroatoms. The Hall–Kier alpha value is -4.17. The predicted molar refractivity (Wildman–Crippen MR) is 144 cm³/mol. The Morgan fingerprint density at radius 2 is 1.60 bits per heavy atom. The first-order chi connectivity index (χ1) is 20.7. The van der Waals surface area contributed by atoms with Gasteiger partial charge in [0.2, 0.25) is 11.8 Å². The van der Waals surface area contributed by atoms with Crippen molar-refractivity contribution in [3.8, 4) is 0 Å². The van der Waals surface area contributed by atoms with Gasteiger partial charge in [0.25, 0.3) is 5.91 Å². The molecule has 45 heavy (non-hydrogen) atoms. The summed E-state index contributed by atoms with van der Waals surface area (Å²) < 4.78 is 99.3. The van der Waals surface area contributed by atoms with Crippen molar-refractivity contribution in [1.82, 2.24) is 14.7 Å². The van der Waals surface area contributed by atoms with E-state index < -0.39 is 83.6 Å². The number of piperidine rings is 1. The molecule has 4 rings (SSSR count). The number of carbonyl (C=O) groups excluding carboxylic acids is 4. The summed E-state index contributed by atoms with van der Waals surface area (Å²) in [4.78, 5) is 54.7. The van der Waals surface area contributed by atoms with Crippen LogP contribution in [0.2, 0.25) is 0 Å². The van der Waals surface area contributed by atoms with Crippen molar-refractivity contribution in [2.24, 2.45) is 5.92 Å². The van der Waals surface area contributed by atoms with E-state index in [1.54, 1.807) is 6.92 Å². The minimum absolute atomic E-state index is 0.00177. The first kappa shape index (κ1) is 33.7. The smallest absolute Gasteiger partial charge is 0.418 e. The van der Waals surface area contributed by atoms with E-state index in [0.717, 1.165) is 11.0 Å². The first-order valence-electron chi connectivity index (χ1n) is 13.8. The highest BCUT2D eigenvalue weighted by Crippen LogP contribution is 2.38. The van der Waals surface area contributed by atoms with Gasteiger partial charge >= 0.3 is 18.4 Å². The zero-order valence-corrected chi connectivity index (χ0v) is 24.7. The van der Waals surface area contributed by atoms with Crippen molar-refractivity contribution in [2.75, 3.05) is 26.7 Å². The van der Waals surface area contributed by atoms with Gasteiger partial charge in [-0.25, -0.2) is 14.1 Å². The van der Waals surface area contributed by atoms with Crippen molar-refractivity contribution in [3.05, 3.63) is 70.0 Å². The molecule has 4 amide bonds. The van der Waals surface area contributed by atoms with Crippen LogP contribution >= 0.6 is 0 Å². The minimum atomic E-state index is -5.06. The fourth-order valence-corrected chi connectivity index (χ4v) is 5.69. The molecule has 244 valence electrons. The number of amides is 4. The number of aryl methyl sites for hydroxylation is 1. The van der Waals surface area contributed by atoms with E-state index in [-0.39, 0.29) is 31.1 Å². The molecule has 0 bridgehead atoms. The van der Waals surface area contributed by atoms with Crippen molar-refractivity contribution in [2.45, 2.75) is 57.6 Å². The zero-order valence-electron chi connectivity index (χ0n) is 24.7. The van der Waals surface area contributed by atoms with Crippen molar-refractivity contribution in [1.29, 1.82) is 0 Å². The molecule has 2 aromatic rings. The molecule has 2 atom stereocenters. The van der Waals surface area contributed by atoms with Crippen LogP contribution in [0.25, 0.3) is 0 Å². The average Bonchev–Trinajstić information content (AvgIpc) is 3.12. The summed E-state index contributed by atoms with van der Waals surface area (Å²) in [7, 11) is 1.24. The Kier molecular flexibility index (Phi) is 8.97. The molecule has 0 unspecified atom stereocenters. The topological polar surface area (TPSA) is 87.2 Å². The van der Waals surface area contributed by atoms with Crippen LogP contribution in [0.4, 0.5) is 35.5 Å². The highest BCUT2D eigenvalue weighted by Gasteiger charge is 2.48. The lowest BCUT2D eigenvalue weighted by Gasteiger charge is -2.40. The Bertz CT molecular complexity index is 1490. The lowest BCUT2D eigenvalue weighted by Crippen LogP contribution is -2.51. The second-order valence-electron chi connectivity index (χ2n) is 11.7. The van der Waals surface area contributed by atoms with Crippen molar-refractivity contribution in [3.63, 3.8) is 0 Å². The van der Waals surface area contributed by atoms with E-state index >= 15 is 0 Å². The van der Waals surface area contributed by atoms with Crippen molar-refractivity contribution < 1.29 is 54.6 Å². The number of rotatable bonds is 6. The number of alkyl halides is 6. The van der Waals surface area contributed by atoms with Gasteiger partial charge in [-0.2, -0.15) is 26.3 Å². The maximum atomic E-state index is 14.0. The number of likely N-dealkylation sites (tertiary alicyclic amines) is 1. The third-order valence-electron chi connectivity index (χ3n) is 7.97. The molecule has 0 N–H and O–H groups in total. The maximum Gasteiger partial charge on any atom is 0.418 e. The Morgan fingerprint density at radius 1 is 1.00 bits per heavy atom. The number of carbonyl (C=O) groups is 4. The lowest BCUT2D eigenvalue weighted by atomic mass is 9.78. The van der Waals surface area contributed by atoms with Crippen LogP contribution in [0.5, 0.6) is 0 Å². The van der Waals surface area contributed by atoms with E-state index in [9.17, 15) is 49.9 Å². The van der Waals surface area contributed by atoms with E-state index in [4.69, 9.17) is 4.74 Å². The van der Waals surface area contributed by atoms with Crippen LogP contribution in [0.3, 0.4) is 0 Å². The fourth-order valence-electron chi connectivity index (χ4n) is 5.69. The molecule has 0 saturated carbocycles. The van der Waals surface area contributed by atoms with E-state index in [1.165, 1.54) is 37.9 Å². The molecular formula is C30H30F7N3O5. The second kappa shape index (κ2) is 12.0. The first-order valence-corrected chi connectivity index (χ1v) is 13.8. The van der Waals surface area contributed by atoms with Gasteiger partial charge in [-0.15, -0.1) is 0 Å². The van der Waals surface area contributed by atoms with Crippen LogP contribution in [0.1, 0.15) is 54.0 Å². The summed E-state index contributed by atoms with van der Waals surface area (Å²) in [5.41, 5.74) is -3.91. The number of hydrogen-bond donors (Lipinski definition) is 0. The van der Waals surface area contributed by atoms with Crippen molar-refractivity contribution >= 4 is 23.8 Å². The van der Waals surface area contributed by atoms with Crippen LogP contribution in [0.15, 0.2) is 36.4 Å². The summed E-state index contributed by atoms with van der Waals surface area (Å²) in [6.07, 6.45) is -11.1. The number of imide groups is 1. The largest absolute Gasteiger partial charge is 0.433 e. The fraction of sp³-hybridized carbons (Fsp3) is 0.467. The lowest BCUT2D eigenvalue weighted by molar-refractivity contribution is -0.143. The Labute approximate surface area is 253 Å². The third kappa shape index (κ3) is 7.22.